The van der Waals surface area contributed by atoms with E-state index < -0.39 is 11.6 Å². The van der Waals surface area contributed by atoms with Crippen LogP contribution in [0.15, 0.2) is 16.5 Å². The summed E-state index contributed by atoms with van der Waals surface area (Å²) in [5.41, 5.74) is -0.840. The Balaban J connectivity index is 2.36. The van der Waals surface area contributed by atoms with E-state index in [4.69, 9.17) is 9.15 Å². The van der Waals surface area contributed by atoms with Crippen molar-refractivity contribution in [2.24, 2.45) is 0 Å². The third kappa shape index (κ3) is 5.42. The van der Waals surface area contributed by atoms with Crippen LogP contribution in [0.1, 0.15) is 29.7 Å². The average Bonchev–Trinajstić information content (AvgIpc) is 2.84. The van der Waals surface area contributed by atoms with Gasteiger partial charge in [-0.15, -0.1) is 0 Å². The van der Waals surface area contributed by atoms with Gasteiger partial charge in [-0.05, 0) is 19.1 Å². The van der Waals surface area contributed by atoms with Gasteiger partial charge in [-0.2, -0.15) is 0 Å². The van der Waals surface area contributed by atoms with Crippen LogP contribution in [0.25, 0.3) is 0 Å². The van der Waals surface area contributed by atoms with E-state index in [1.54, 1.807) is 26.2 Å². The number of rotatable bonds is 8. The predicted molar refractivity (Wildman–Crippen MR) is 68.9 cm³/mol. The van der Waals surface area contributed by atoms with Crippen LogP contribution in [-0.2, 0) is 16.0 Å². The lowest BCUT2D eigenvalue weighted by Crippen LogP contribution is -2.38. The molecule has 1 rings (SSSR count). The first-order valence-electron chi connectivity index (χ1n) is 6.07. The molecule has 6 nitrogen and oxygen atoms in total. The third-order valence-electron chi connectivity index (χ3n) is 2.70. The molecule has 1 unspecified atom stereocenters. The van der Waals surface area contributed by atoms with Crippen molar-refractivity contribution in [3.8, 4) is 0 Å². The van der Waals surface area contributed by atoms with Crippen molar-refractivity contribution in [1.29, 1.82) is 0 Å². The molecule has 108 valence electrons. The monoisotopic (exact) mass is 271 g/mol. The van der Waals surface area contributed by atoms with Crippen molar-refractivity contribution in [3.63, 3.8) is 0 Å². The van der Waals surface area contributed by atoms with Crippen LogP contribution in [0.4, 0.5) is 0 Å². The fourth-order valence-electron chi connectivity index (χ4n) is 1.55. The molecular formula is C13H21NO5. The van der Waals surface area contributed by atoms with E-state index in [-0.39, 0.29) is 5.76 Å². The number of methoxy groups -OCH3 is 2. The van der Waals surface area contributed by atoms with E-state index >= 15 is 0 Å². The Hall–Kier alpha value is -1.37. The molecule has 1 aromatic rings. The van der Waals surface area contributed by atoms with E-state index in [1.807, 2.05) is 0 Å². The van der Waals surface area contributed by atoms with Gasteiger partial charge < -0.3 is 24.3 Å². The molecule has 0 fully saturated rings. The maximum atomic E-state index is 11.2. The van der Waals surface area contributed by atoms with Crippen LogP contribution in [-0.4, -0.2) is 44.0 Å². The zero-order valence-electron chi connectivity index (χ0n) is 11.6. The normalized spacial score (nSPS) is 14.1. The van der Waals surface area contributed by atoms with E-state index in [0.29, 0.717) is 31.9 Å². The van der Waals surface area contributed by atoms with Gasteiger partial charge in [-0.25, -0.2) is 4.79 Å². The van der Waals surface area contributed by atoms with Gasteiger partial charge in [-0.3, -0.25) is 0 Å². The standard InChI is InChI=1S/C13H21NO5/c1-13(16,6-7-17-2)9-14-8-10-4-5-11(19-10)12(15)18-3/h4-5,14,16H,6-9H2,1-3H3. The average molecular weight is 271 g/mol. The van der Waals surface area contributed by atoms with E-state index in [1.165, 1.54) is 7.11 Å². The molecular weight excluding hydrogens is 250 g/mol. The first-order chi connectivity index (χ1) is 8.98. The Morgan fingerprint density at radius 3 is 2.84 bits per heavy atom. The van der Waals surface area contributed by atoms with Crippen molar-refractivity contribution in [1.82, 2.24) is 5.32 Å². The summed E-state index contributed by atoms with van der Waals surface area (Å²) >= 11 is 0. The van der Waals surface area contributed by atoms with Crippen LogP contribution in [0.3, 0.4) is 0 Å². The molecule has 0 aliphatic heterocycles. The van der Waals surface area contributed by atoms with E-state index in [9.17, 15) is 9.90 Å². The van der Waals surface area contributed by atoms with Gasteiger partial charge >= 0.3 is 5.97 Å². The minimum Gasteiger partial charge on any atom is -0.463 e. The van der Waals surface area contributed by atoms with Crippen molar-refractivity contribution in [3.05, 3.63) is 23.7 Å². The topological polar surface area (TPSA) is 80.9 Å². The fourth-order valence-corrected chi connectivity index (χ4v) is 1.55. The lowest BCUT2D eigenvalue weighted by molar-refractivity contribution is 0.0243. The van der Waals surface area contributed by atoms with E-state index in [2.05, 4.69) is 10.1 Å². The third-order valence-corrected chi connectivity index (χ3v) is 2.70. The predicted octanol–water partition coefficient (Wildman–Crippen LogP) is 0.943. The zero-order valence-corrected chi connectivity index (χ0v) is 11.6. The first kappa shape index (κ1) is 15.7. The summed E-state index contributed by atoms with van der Waals surface area (Å²) in [5, 5.41) is 13.1. The Morgan fingerprint density at radius 1 is 1.47 bits per heavy atom. The van der Waals surface area contributed by atoms with Crippen LogP contribution in [0, 0.1) is 0 Å². The quantitative estimate of drug-likeness (QED) is 0.685. The van der Waals surface area contributed by atoms with Crippen LogP contribution >= 0.6 is 0 Å². The summed E-state index contributed by atoms with van der Waals surface area (Å²) in [6.45, 7) is 3.08. The maximum Gasteiger partial charge on any atom is 0.373 e. The number of carbonyl (C=O) groups excluding carboxylic acids is 1. The molecule has 0 aliphatic rings. The molecule has 0 aromatic carbocycles. The van der Waals surface area contributed by atoms with Crippen LogP contribution < -0.4 is 5.32 Å². The molecule has 0 spiro atoms. The Bertz CT molecular complexity index is 399. The second-order valence-corrected chi connectivity index (χ2v) is 4.60. The summed E-state index contributed by atoms with van der Waals surface area (Å²) in [4.78, 5) is 11.2. The number of aliphatic hydroxyl groups is 1. The van der Waals surface area contributed by atoms with Crippen molar-refractivity contribution >= 4 is 5.97 Å². The molecule has 6 heteroatoms. The number of nitrogens with one attached hydrogen (secondary N) is 1. The minimum absolute atomic E-state index is 0.172. The molecule has 1 aromatic heterocycles. The molecule has 0 amide bonds. The number of carbonyl (C=O) groups is 1. The maximum absolute atomic E-state index is 11.2. The molecule has 0 aliphatic carbocycles. The minimum atomic E-state index is -0.840. The highest BCUT2D eigenvalue weighted by Crippen LogP contribution is 2.11. The van der Waals surface area contributed by atoms with Gasteiger partial charge in [-0.1, -0.05) is 0 Å². The Morgan fingerprint density at radius 2 is 2.21 bits per heavy atom. The van der Waals surface area contributed by atoms with Gasteiger partial charge in [0.2, 0.25) is 5.76 Å². The summed E-state index contributed by atoms with van der Waals surface area (Å²) in [5.74, 6) is 0.284. The highest BCUT2D eigenvalue weighted by Gasteiger charge is 2.19. The number of furan rings is 1. The van der Waals surface area contributed by atoms with Gasteiger partial charge in [0.25, 0.3) is 0 Å². The largest absolute Gasteiger partial charge is 0.463 e. The summed E-state index contributed by atoms with van der Waals surface area (Å²) in [6.07, 6.45) is 0.544. The molecule has 0 saturated carbocycles. The van der Waals surface area contributed by atoms with Gasteiger partial charge in [0.05, 0.1) is 19.3 Å². The van der Waals surface area contributed by atoms with Crippen LogP contribution in [0.5, 0.6) is 0 Å². The molecule has 0 bridgehead atoms. The zero-order chi connectivity index (χ0) is 14.3. The van der Waals surface area contributed by atoms with Gasteiger partial charge in [0, 0.05) is 26.7 Å². The molecule has 0 radical (unpaired) electrons. The van der Waals surface area contributed by atoms with Crippen LogP contribution in [0.2, 0.25) is 0 Å². The van der Waals surface area contributed by atoms with Crippen molar-refractivity contribution in [2.45, 2.75) is 25.5 Å². The molecule has 1 atom stereocenters. The first-order valence-corrected chi connectivity index (χ1v) is 6.07. The summed E-state index contributed by atoms with van der Waals surface area (Å²) < 4.78 is 14.8. The molecule has 0 saturated heterocycles. The SMILES string of the molecule is COCCC(C)(O)CNCc1ccc(C(=O)OC)o1. The number of hydrogen-bond donors (Lipinski definition) is 2. The number of hydrogen-bond acceptors (Lipinski definition) is 6. The second kappa shape index (κ2) is 7.28. The summed E-state index contributed by atoms with van der Waals surface area (Å²) in [6, 6.07) is 3.26. The lowest BCUT2D eigenvalue weighted by Gasteiger charge is -2.23. The number of ether oxygens (including phenoxy) is 2. The fraction of sp³-hybridized carbons (Fsp3) is 0.615. The number of esters is 1. The second-order valence-electron chi connectivity index (χ2n) is 4.60. The van der Waals surface area contributed by atoms with Gasteiger partial charge in [0.15, 0.2) is 0 Å². The van der Waals surface area contributed by atoms with Gasteiger partial charge in [0.1, 0.15) is 5.76 Å². The Labute approximate surface area is 112 Å². The van der Waals surface area contributed by atoms with E-state index in [0.717, 1.165) is 0 Å². The summed E-state index contributed by atoms with van der Waals surface area (Å²) in [7, 11) is 2.90. The highest BCUT2D eigenvalue weighted by molar-refractivity contribution is 5.86. The van der Waals surface area contributed by atoms with Crippen molar-refractivity contribution < 1.29 is 23.8 Å². The smallest absolute Gasteiger partial charge is 0.373 e. The molecule has 19 heavy (non-hydrogen) atoms. The lowest BCUT2D eigenvalue weighted by atomic mass is 10.0. The highest BCUT2D eigenvalue weighted by atomic mass is 16.5. The molecule has 1 heterocycles. The Kier molecular flexibility index (Phi) is 6.01. The van der Waals surface area contributed by atoms with Crippen molar-refractivity contribution in [2.75, 3.05) is 27.4 Å². The molecule has 2 N–H and O–H groups in total.